The van der Waals surface area contributed by atoms with Crippen LogP contribution in [-0.2, 0) is 4.79 Å². The number of halogens is 1. The number of carbonyl (C=O) groups is 2. The number of benzene rings is 2. The Morgan fingerprint density at radius 3 is 2.25 bits per heavy atom. The van der Waals surface area contributed by atoms with Crippen LogP contribution >= 0.6 is 0 Å². The molecule has 0 aromatic heterocycles. The van der Waals surface area contributed by atoms with Gasteiger partial charge in [-0.05, 0) is 44.4 Å². The van der Waals surface area contributed by atoms with E-state index in [1.807, 2.05) is 36.9 Å². The van der Waals surface area contributed by atoms with Crippen LogP contribution in [0.25, 0.3) is 0 Å². The number of carbonyl (C=O) groups excluding carboxylic acids is 2. The van der Waals surface area contributed by atoms with Crippen molar-refractivity contribution in [3.63, 3.8) is 0 Å². The van der Waals surface area contributed by atoms with Crippen LogP contribution < -0.4 is 0 Å². The maximum absolute atomic E-state index is 14.0. The summed E-state index contributed by atoms with van der Waals surface area (Å²) in [5, 5.41) is 0. The van der Waals surface area contributed by atoms with Crippen molar-refractivity contribution in [2.75, 3.05) is 13.1 Å². The van der Waals surface area contributed by atoms with E-state index in [1.165, 1.54) is 12.1 Å². The molecule has 0 radical (unpaired) electrons. The van der Waals surface area contributed by atoms with Gasteiger partial charge in [0.2, 0.25) is 5.91 Å². The standard InChI is InChI=1S/C23H25FN2O2/c1-16(2)26-20(17-8-4-3-5-9-17)23(22(26)28)12-14-25(15-13-23)21(27)18-10-6-7-11-19(18)24/h3-11,16,20H,12-15H2,1-2H3. The maximum Gasteiger partial charge on any atom is 0.256 e. The molecule has 5 heteroatoms. The molecule has 2 aromatic rings. The lowest BCUT2D eigenvalue weighted by Gasteiger charge is -2.60. The minimum absolute atomic E-state index is 0.0342. The summed E-state index contributed by atoms with van der Waals surface area (Å²) in [6, 6.07) is 16.4. The summed E-state index contributed by atoms with van der Waals surface area (Å²) in [7, 11) is 0. The third-order valence-corrected chi connectivity index (χ3v) is 6.18. The lowest BCUT2D eigenvalue weighted by Crippen LogP contribution is -2.68. The fourth-order valence-corrected chi connectivity index (χ4v) is 4.74. The molecule has 1 spiro atoms. The number of hydrogen-bond acceptors (Lipinski definition) is 2. The number of β-lactam (4-membered cyclic amide) rings is 1. The van der Waals surface area contributed by atoms with Gasteiger partial charge >= 0.3 is 0 Å². The van der Waals surface area contributed by atoms with Gasteiger partial charge in [-0.15, -0.1) is 0 Å². The Hall–Kier alpha value is -2.69. The minimum atomic E-state index is -0.499. The predicted molar refractivity (Wildman–Crippen MR) is 105 cm³/mol. The molecule has 28 heavy (non-hydrogen) atoms. The molecule has 146 valence electrons. The lowest BCUT2D eigenvalue weighted by atomic mass is 9.61. The SMILES string of the molecule is CC(C)N1C(=O)C2(CCN(C(=O)c3ccccc3F)CC2)C1c1ccccc1. The first-order valence-electron chi connectivity index (χ1n) is 9.87. The monoisotopic (exact) mass is 380 g/mol. The number of nitrogens with zero attached hydrogens (tertiary/aromatic N) is 2. The van der Waals surface area contributed by atoms with Crippen LogP contribution in [0.3, 0.4) is 0 Å². The normalized spacial score (nSPS) is 21.1. The zero-order valence-electron chi connectivity index (χ0n) is 16.3. The Morgan fingerprint density at radius 1 is 1.04 bits per heavy atom. The van der Waals surface area contributed by atoms with Crippen molar-refractivity contribution in [2.24, 2.45) is 5.41 Å². The maximum atomic E-state index is 14.0. The molecule has 4 rings (SSSR count). The molecule has 0 saturated carbocycles. The van der Waals surface area contributed by atoms with Crippen LogP contribution in [0.2, 0.25) is 0 Å². The first kappa shape index (κ1) is 18.7. The highest BCUT2D eigenvalue weighted by atomic mass is 19.1. The number of rotatable bonds is 3. The first-order chi connectivity index (χ1) is 13.5. The van der Waals surface area contributed by atoms with Crippen molar-refractivity contribution in [1.29, 1.82) is 0 Å². The molecule has 0 bridgehead atoms. The summed E-state index contributed by atoms with van der Waals surface area (Å²) in [6.45, 7) is 5.01. The van der Waals surface area contributed by atoms with Gasteiger partial charge in [-0.25, -0.2) is 4.39 Å². The molecule has 0 N–H and O–H groups in total. The van der Waals surface area contributed by atoms with Crippen LogP contribution in [-0.4, -0.2) is 40.7 Å². The minimum Gasteiger partial charge on any atom is -0.338 e. The first-order valence-corrected chi connectivity index (χ1v) is 9.87. The van der Waals surface area contributed by atoms with Crippen molar-refractivity contribution < 1.29 is 14.0 Å². The number of likely N-dealkylation sites (tertiary alicyclic amines) is 2. The van der Waals surface area contributed by atoms with Crippen molar-refractivity contribution >= 4 is 11.8 Å². The highest BCUT2D eigenvalue weighted by Gasteiger charge is 2.62. The molecule has 4 nitrogen and oxygen atoms in total. The highest BCUT2D eigenvalue weighted by molar-refractivity contribution is 5.95. The fraction of sp³-hybridized carbons (Fsp3) is 0.391. The van der Waals surface area contributed by atoms with E-state index in [-0.39, 0.29) is 29.5 Å². The highest BCUT2D eigenvalue weighted by Crippen LogP contribution is 2.56. The molecule has 2 saturated heterocycles. The zero-order chi connectivity index (χ0) is 19.9. The lowest BCUT2D eigenvalue weighted by molar-refractivity contribution is -0.184. The van der Waals surface area contributed by atoms with E-state index < -0.39 is 11.2 Å². The summed E-state index contributed by atoms with van der Waals surface area (Å²) in [5.74, 6) is -0.619. The zero-order valence-corrected chi connectivity index (χ0v) is 16.3. The van der Waals surface area contributed by atoms with E-state index in [0.29, 0.717) is 25.9 Å². The third kappa shape index (κ3) is 2.81. The van der Waals surface area contributed by atoms with E-state index in [9.17, 15) is 14.0 Å². The van der Waals surface area contributed by atoms with E-state index in [0.717, 1.165) is 5.56 Å². The van der Waals surface area contributed by atoms with Crippen molar-refractivity contribution in [3.05, 3.63) is 71.5 Å². The van der Waals surface area contributed by atoms with E-state index in [4.69, 9.17) is 0 Å². The van der Waals surface area contributed by atoms with Gasteiger partial charge in [0.15, 0.2) is 0 Å². The van der Waals surface area contributed by atoms with E-state index >= 15 is 0 Å². The van der Waals surface area contributed by atoms with E-state index in [1.54, 1.807) is 17.0 Å². The van der Waals surface area contributed by atoms with Gasteiger partial charge in [-0.1, -0.05) is 42.5 Å². The molecule has 2 aliphatic heterocycles. The third-order valence-electron chi connectivity index (χ3n) is 6.18. The molecule has 2 aromatic carbocycles. The molecule has 1 unspecified atom stereocenters. The molecule has 2 heterocycles. The second kappa shape index (κ2) is 7.04. The van der Waals surface area contributed by atoms with Gasteiger partial charge in [0.25, 0.3) is 5.91 Å². The van der Waals surface area contributed by atoms with Gasteiger partial charge in [0, 0.05) is 19.1 Å². The average molecular weight is 380 g/mol. The van der Waals surface area contributed by atoms with Crippen molar-refractivity contribution in [1.82, 2.24) is 9.80 Å². The number of piperidine rings is 1. The van der Waals surface area contributed by atoms with E-state index in [2.05, 4.69) is 12.1 Å². The number of hydrogen-bond donors (Lipinski definition) is 0. The molecule has 2 amide bonds. The van der Waals surface area contributed by atoms with Crippen molar-refractivity contribution in [2.45, 2.75) is 38.8 Å². The average Bonchev–Trinajstić information content (AvgIpc) is 2.71. The van der Waals surface area contributed by atoms with Crippen LogP contribution in [0.5, 0.6) is 0 Å². The summed E-state index contributed by atoms with van der Waals surface area (Å²) in [4.78, 5) is 29.5. The van der Waals surface area contributed by atoms with Crippen LogP contribution in [0, 0.1) is 11.2 Å². The second-order valence-electron chi connectivity index (χ2n) is 8.05. The summed E-state index contributed by atoms with van der Waals surface area (Å²) in [6.07, 6.45) is 1.21. The van der Waals surface area contributed by atoms with Gasteiger partial charge in [-0.3, -0.25) is 9.59 Å². The van der Waals surface area contributed by atoms with Gasteiger partial charge in [0.05, 0.1) is 17.0 Å². The summed E-state index contributed by atoms with van der Waals surface area (Å²) >= 11 is 0. The molecular formula is C23H25FN2O2. The fourth-order valence-electron chi connectivity index (χ4n) is 4.74. The predicted octanol–water partition coefficient (Wildman–Crippen LogP) is 4.04. The largest absolute Gasteiger partial charge is 0.338 e. The van der Waals surface area contributed by atoms with Crippen LogP contribution in [0.4, 0.5) is 4.39 Å². The summed E-state index contributed by atoms with van der Waals surface area (Å²) < 4.78 is 14.0. The van der Waals surface area contributed by atoms with Gasteiger partial charge in [-0.2, -0.15) is 0 Å². The molecule has 0 aliphatic carbocycles. The van der Waals surface area contributed by atoms with Gasteiger partial charge in [0.1, 0.15) is 5.82 Å². The Balaban J connectivity index is 1.56. The van der Waals surface area contributed by atoms with Gasteiger partial charge < -0.3 is 9.80 Å². The number of amides is 2. The topological polar surface area (TPSA) is 40.6 Å². The van der Waals surface area contributed by atoms with Crippen molar-refractivity contribution in [3.8, 4) is 0 Å². The Kier molecular flexibility index (Phi) is 4.69. The molecule has 1 atom stereocenters. The quantitative estimate of drug-likeness (QED) is 0.754. The molecular weight excluding hydrogens is 355 g/mol. The molecule has 2 fully saturated rings. The van der Waals surface area contributed by atoms with Crippen LogP contribution in [0.15, 0.2) is 54.6 Å². The second-order valence-corrected chi connectivity index (χ2v) is 8.05. The summed E-state index contributed by atoms with van der Waals surface area (Å²) in [5.41, 5.74) is 0.781. The molecule has 2 aliphatic rings. The Bertz CT molecular complexity index is 888. The Morgan fingerprint density at radius 2 is 1.64 bits per heavy atom. The smallest absolute Gasteiger partial charge is 0.256 e. The Labute approximate surface area is 164 Å². The van der Waals surface area contributed by atoms with Crippen LogP contribution in [0.1, 0.15) is 48.7 Å².